The Bertz CT molecular complexity index is 715. The molecule has 1 aliphatic rings. The molecule has 3 rings (SSSR count). The van der Waals surface area contributed by atoms with Gasteiger partial charge < -0.3 is 4.42 Å². The van der Waals surface area contributed by atoms with Gasteiger partial charge in [0.25, 0.3) is 15.9 Å². The second kappa shape index (κ2) is 4.69. The molecule has 0 N–H and O–H groups in total. The standard InChI is InChI=1S/C12H16N4O3S/c1-3-8(2)11-14-15-12(19-11)9-6-13-16(7-9)20(17,18)10-4-5-10/h6-8,10H,3-5H2,1-2H3. The van der Waals surface area contributed by atoms with Crippen LogP contribution in [0.4, 0.5) is 0 Å². The van der Waals surface area contributed by atoms with E-state index in [2.05, 4.69) is 15.3 Å². The van der Waals surface area contributed by atoms with Crippen molar-refractivity contribution in [2.75, 3.05) is 0 Å². The van der Waals surface area contributed by atoms with Gasteiger partial charge >= 0.3 is 0 Å². The normalized spacial score (nSPS) is 17.3. The van der Waals surface area contributed by atoms with Gasteiger partial charge in [-0.15, -0.1) is 10.2 Å². The molecule has 0 aliphatic heterocycles. The smallest absolute Gasteiger partial charge is 0.256 e. The molecule has 108 valence electrons. The van der Waals surface area contributed by atoms with Gasteiger partial charge in [-0.2, -0.15) is 9.19 Å². The van der Waals surface area contributed by atoms with E-state index in [0.29, 0.717) is 30.2 Å². The molecule has 0 saturated heterocycles. The van der Waals surface area contributed by atoms with Crippen LogP contribution >= 0.6 is 0 Å². The van der Waals surface area contributed by atoms with Crippen LogP contribution in [0.2, 0.25) is 0 Å². The molecular formula is C12H16N4O3S. The van der Waals surface area contributed by atoms with Gasteiger partial charge in [0.05, 0.1) is 23.2 Å². The molecule has 2 heterocycles. The Hall–Kier alpha value is -1.70. The SMILES string of the molecule is CCC(C)c1nnc(-c2cnn(S(=O)(=O)C3CC3)c2)o1. The lowest BCUT2D eigenvalue weighted by Crippen LogP contribution is -2.17. The third kappa shape index (κ3) is 2.24. The van der Waals surface area contributed by atoms with Gasteiger partial charge in [0.1, 0.15) is 0 Å². The van der Waals surface area contributed by atoms with Crippen molar-refractivity contribution >= 4 is 10.0 Å². The highest BCUT2D eigenvalue weighted by Gasteiger charge is 2.37. The molecule has 0 spiro atoms. The highest BCUT2D eigenvalue weighted by Crippen LogP contribution is 2.30. The van der Waals surface area contributed by atoms with E-state index in [1.807, 2.05) is 13.8 Å². The molecule has 1 unspecified atom stereocenters. The first-order valence-corrected chi connectivity index (χ1v) is 8.15. The average Bonchev–Trinajstić information content (AvgIpc) is 3.00. The third-order valence-electron chi connectivity index (χ3n) is 3.49. The first-order valence-electron chi connectivity index (χ1n) is 6.65. The van der Waals surface area contributed by atoms with Crippen molar-refractivity contribution in [3.05, 3.63) is 18.3 Å². The third-order valence-corrected chi connectivity index (χ3v) is 5.52. The molecule has 1 atom stereocenters. The first kappa shape index (κ1) is 13.3. The van der Waals surface area contributed by atoms with Gasteiger partial charge in [-0.3, -0.25) is 0 Å². The van der Waals surface area contributed by atoms with E-state index in [-0.39, 0.29) is 11.2 Å². The molecule has 2 aromatic rings. The highest BCUT2D eigenvalue weighted by atomic mass is 32.2. The van der Waals surface area contributed by atoms with Gasteiger partial charge in [-0.25, -0.2) is 8.42 Å². The Labute approximate surface area is 117 Å². The van der Waals surface area contributed by atoms with Gasteiger partial charge in [0.2, 0.25) is 5.89 Å². The Morgan fingerprint density at radius 3 is 2.85 bits per heavy atom. The minimum absolute atomic E-state index is 0.182. The zero-order valence-electron chi connectivity index (χ0n) is 11.4. The summed E-state index contributed by atoms with van der Waals surface area (Å²) in [4.78, 5) is 0. The minimum Gasteiger partial charge on any atom is -0.420 e. The summed E-state index contributed by atoms with van der Waals surface area (Å²) >= 11 is 0. The van der Waals surface area contributed by atoms with Crippen LogP contribution in [0.15, 0.2) is 16.8 Å². The van der Waals surface area contributed by atoms with E-state index in [0.717, 1.165) is 10.5 Å². The molecule has 8 heteroatoms. The number of nitrogens with zero attached hydrogens (tertiary/aromatic N) is 4. The van der Waals surface area contributed by atoms with E-state index in [1.165, 1.54) is 12.4 Å². The molecule has 0 radical (unpaired) electrons. The topological polar surface area (TPSA) is 90.9 Å². The second-order valence-electron chi connectivity index (χ2n) is 5.10. The van der Waals surface area contributed by atoms with Crippen molar-refractivity contribution in [1.29, 1.82) is 0 Å². The van der Waals surface area contributed by atoms with Gasteiger partial charge in [-0.1, -0.05) is 13.8 Å². The molecule has 0 amide bonds. The van der Waals surface area contributed by atoms with Crippen molar-refractivity contribution in [1.82, 2.24) is 19.4 Å². The lowest BCUT2D eigenvalue weighted by molar-refractivity contribution is 0.462. The number of rotatable bonds is 5. The summed E-state index contributed by atoms with van der Waals surface area (Å²) in [5.74, 6) is 1.04. The summed E-state index contributed by atoms with van der Waals surface area (Å²) in [6, 6.07) is 0. The molecule has 7 nitrogen and oxygen atoms in total. The van der Waals surface area contributed by atoms with E-state index in [9.17, 15) is 8.42 Å². The monoisotopic (exact) mass is 296 g/mol. The Balaban J connectivity index is 1.88. The summed E-state index contributed by atoms with van der Waals surface area (Å²) < 4.78 is 30.6. The van der Waals surface area contributed by atoms with Crippen LogP contribution in [0.5, 0.6) is 0 Å². The van der Waals surface area contributed by atoms with E-state index in [4.69, 9.17) is 4.42 Å². The summed E-state index contributed by atoms with van der Waals surface area (Å²) in [7, 11) is -3.35. The van der Waals surface area contributed by atoms with Crippen LogP contribution in [0.25, 0.3) is 11.5 Å². The zero-order valence-corrected chi connectivity index (χ0v) is 12.2. The van der Waals surface area contributed by atoms with Crippen molar-refractivity contribution in [3.8, 4) is 11.5 Å². The Morgan fingerprint density at radius 1 is 1.45 bits per heavy atom. The molecular weight excluding hydrogens is 280 g/mol. The molecule has 0 bridgehead atoms. The predicted molar refractivity (Wildman–Crippen MR) is 71.6 cm³/mol. The maximum atomic E-state index is 12.0. The maximum Gasteiger partial charge on any atom is 0.256 e. The molecule has 1 aliphatic carbocycles. The largest absolute Gasteiger partial charge is 0.420 e. The average molecular weight is 296 g/mol. The fraction of sp³-hybridized carbons (Fsp3) is 0.583. The molecule has 0 aromatic carbocycles. The lowest BCUT2D eigenvalue weighted by Gasteiger charge is -2.00. The van der Waals surface area contributed by atoms with Crippen LogP contribution in [0.3, 0.4) is 0 Å². The summed E-state index contributed by atoms with van der Waals surface area (Å²) in [5, 5.41) is 11.5. The van der Waals surface area contributed by atoms with Crippen molar-refractivity contribution in [3.63, 3.8) is 0 Å². The minimum atomic E-state index is -3.35. The number of hydrogen-bond donors (Lipinski definition) is 0. The fourth-order valence-corrected chi connectivity index (χ4v) is 3.27. The van der Waals surface area contributed by atoms with Crippen molar-refractivity contribution in [2.24, 2.45) is 0 Å². The molecule has 20 heavy (non-hydrogen) atoms. The van der Waals surface area contributed by atoms with Crippen LogP contribution < -0.4 is 0 Å². The predicted octanol–water partition coefficient (Wildman–Crippen LogP) is 1.79. The lowest BCUT2D eigenvalue weighted by atomic mass is 10.1. The summed E-state index contributed by atoms with van der Waals surface area (Å²) in [5.41, 5.74) is 0.524. The van der Waals surface area contributed by atoms with Crippen LogP contribution in [0.1, 0.15) is 44.9 Å². The van der Waals surface area contributed by atoms with E-state index in [1.54, 1.807) is 0 Å². The quantitative estimate of drug-likeness (QED) is 0.835. The first-order chi connectivity index (χ1) is 9.52. The highest BCUT2D eigenvalue weighted by molar-refractivity contribution is 7.90. The van der Waals surface area contributed by atoms with Crippen molar-refractivity contribution < 1.29 is 12.8 Å². The Morgan fingerprint density at radius 2 is 2.20 bits per heavy atom. The second-order valence-corrected chi connectivity index (χ2v) is 7.17. The van der Waals surface area contributed by atoms with E-state index < -0.39 is 10.0 Å². The molecule has 2 aromatic heterocycles. The van der Waals surface area contributed by atoms with Crippen molar-refractivity contribution in [2.45, 2.75) is 44.3 Å². The van der Waals surface area contributed by atoms with Crippen LogP contribution in [-0.4, -0.2) is 33.1 Å². The van der Waals surface area contributed by atoms with Gasteiger partial charge in [-0.05, 0) is 19.3 Å². The fourth-order valence-electron chi connectivity index (χ4n) is 1.80. The number of hydrogen-bond acceptors (Lipinski definition) is 6. The summed E-state index contributed by atoms with van der Waals surface area (Å²) in [6.45, 7) is 4.03. The zero-order chi connectivity index (χ0) is 14.3. The van der Waals surface area contributed by atoms with E-state index >= 15 is 0 Å². The summed E-state index contributed by atoms with van der Waals surface area (Å²) in [6.07, 6.45) is 5.18. The molecule has 1 saturated carbocycles. The van der Waals surface area contributed by atoms with Gasteiger partial charge in [0.15, 0.2) is 0 Å². The van der Waals surface area contributed by atoms with Gasteiger partial charge in [0, 0.05) is 5.92 Å². The van der Waals surface area contributed by atoms with Crippen LogP contribution in [-0.2, 0) is 10.0 Å². The number of aromatic nitrogens is 4. The molecule has 1 fully saturated rings. The van der Waals surface area contributed by atoms with Crippen LogP contribution in [0, 0.1) is 0 Å². The Kier molecular flexibility index (Phi) is 3.12. The maximum absolute atomic E-state index is 12.0.